The van der Waals surface area contributed by atoms with Crippen LogP contribution in [0.15, 0.2) is 61.1 Å². The van der Waals surface area contributed by atoms with Gasteiger partial charge in [-0.15, -0.1) is 0 Å². The molecular formula is C38H37F3N10O3. The molecule has 0 bridgehead atoms. The van der Waals surface area contributed by atoms with Gasteiger partial charge >= 0.3 is 12.2 Å². The molecule has 2 aliphatic heterocycles. The van der Waals surface area contributed by atoms with Crippen LogP contribution in [0.3, 0.4) is 0 Å². The lowest BCUT2D eigenvalue weighted by Gasteiger charge is -2.36. The van der Waals surface area contributed by atoms with Gasteiger partial charge in [0, 0.05) is 37.3 Å². The van der Waals surface area contributed by atoms with Crippen LogP contribution in [0.5, 0.6) is 0 Å². The summed E-state index contributed by atoms with van der Waals surface area (Å²) in [5, 5.41) is 20.2. The van der Waals surface area contributed by atoms with Crippen LogP contribution < -0.4 is 15.5 Å². The summed E-state index contributed by atoms with van der Waals surface area (Å²) in [5.41, 5.74) is 1.39. The maximum absolute atomic E-state index is 13.1. The number of piperidine rings is 1. The Morgan fingerprint density at radius 1 is 1.02 bits per heavy atom. The number of rotatable bonds is 7. The first-order valence-electron chi connectivity index (χ1n) is 18.1. The Morgan fingerprint density at radius 3 is 2.56 bits per heavy atom. The van der Waals surface area contributed by atoms with E-state index in [9.17, 15) is 32.8 Å². The number of carbonyl (C=O) groups excluding carboxylic acids is 3. The zero-order valence-electron chi connectivity index (χ0n) is 29.2. The number of amides is 4. The standard InChI is InChI=1S/C38H37F3N10O3/c39-38(40,41)32-3-1-2-29(44-32)36(53)45-30-17-27-22-51(47-31(27)16-26(30)19-42)28-6-4-23(5-7-28)21-48-12-8-24(9-13-48)25-10-14-49-33(18-25)43-20-35(49)50-15-11-34(52)46-37(50)54/h1-3,10,14,16-18,20,22-24,28H,4-9,11-13,15,21H2,(H,45,53)(H,46,52,54)/t23-,28-. The number of pyridine rings is 2. The third kappa shape index (κ3) is 7.11. The molecule has 0 spiro atoms. The van der Waals surface area contributed by atoms with Crippen LogP contribution in [0.1, 0.15) is 84.2 Å². The Kier molecular flexibility index (Phi) is 9.26. The number of hydrogen-bond acceptors (Lipinski definition) is 8. The summed E-state index contributed by atoms with van der Waals surface area (Å²) < 4.78 is 43.2. The van der Waals surface area contributed by atoms with E-state index in [1.54, 1.807) is 23.2 Å². The quantitative estimate of drug-likeness (QED) is 0.198. The molecule has 16 heteroatoms. The molecule has 2 N–H and O–H groups in total. The maximum Gasteiger partial charge on any atom is 0.433 e. The van der Waals surface area contributed by atoms with Gasteiger partial charge in [-0.3, -0.25) is 28.9 Å². The van der Waals surface area contributed by atoms with Gasteiger partial charge in [0.15, 0.2) is 0 Å². The van der Waals surface area contributed by atoms with Gasteiger partial charge in [0.1, 0.15) is 28.9 Å². The molecule has 5 aromatic rings. The molecule has 8 rings (SSSR count). The van der Waals surface area contributed by atoms with E-state index >= 15 is 0 Å². The highest BCUT2D eigenvalue weighted by Crippen LogP contribution is 2.36. The molecule has 0 radical (unpaired) electrons. The molecule has 3 aliphatic rings. The van der Waals surface area contributed by atoms with Gasteiger partial charge in [-0.05, 0) is 105 Å². The van der Waals surface area contributed by atoms with E-state index in [1.165, 1.54) is 11.6 Å². The number of carbonyl (C=O) groups is 3. The minimum atomic E-state index is -4.69. The highest BCUT2D eigenvalue weighted by molar-refractivity contribution is 6.06. The van der Waals surface area contributed by atoms with Crippen molar-refractivity contribution in [2.24, 2.45) is 5.92 Å². The second-order valence-electron chi connectivity index (χ2n) is 14.3. The van der Waals surface area contributed by atoms with Crippen molar-refractivity contribution in [3.05, 3.63) is 83.6 Å². The molecule has 1 saturated carbocycles. The van der Waals surface area contributed by atoms with Crippen LogP contribution >= 0.6 is 0 Å². The SMILES string of the molecule is N#Cc1cc2nn([C@H]3CC[C@H](CN4CCC(c5ccn6c(N7CCC(=O)NC7=O)cnc6c5)CC4)CC3)cc2cc1NC(=O)c1cccc(C(F)(F)F)n1. The molecule has 13 nitrogen and oxygen atoms in total. The van der Waals surface area contributed by atoms with Crippen LogP contribution in [-0.2, 0) is 11.0 Å². The minimum Gasteiger partial charge on any atom is -0.319 e. The molecule has 1 aromatic carbocycles. The predicted molar refractivity (Wildman–Crippen MR) is 192 cm³/mol. The Balaban J connectivity index is 0.844. The number of anilines is 2. The summed E-state index contributed by atoms with van der Waals surface area (Å²) in [6.45, 7) is 3.42. The molecule has 2 saturated heterocycles. The van der Waals surface area contributed by atoms with Gasteiger partial charge in [0.05, 0.1) is 29.0 Å². The number of urea groups is 1. The van der Waals surface area contributed by atoms with Gasteiger partial charge < -0.3 is 10.2 Å². The summed E-state index contributed by atoms with van der Waals surface area (Å²) in [4.78, 5) is 48.9. The number of nitrogens with one attached hydrogen (secondary N) is 2. The molecule has 6 heterocycles. The first-order chi connectivity index (χ1) is 26.0. The van der Waals surface area contributed by atoms with Crippen LogP contribution in [0, 0.1) is 17.2 Å². The largest absolute Gasteiger partial charge is 0.433 e. The molecule has 0 atom stereocenters. The summed E-state index contributed by atoms with van der Waals surface area (Å²) >= 11 is 0. The highest BCUT2D eigenvalue weighted by Gasteiger charge is 2.33. The molecule has 54 heavy (non-hydrogen) atoms. The van der Waals surface area contributed by atoms with Gasteiger partial charge in [-0.1, -0.05) is 6.07 Å². The molecule has 4 amide bonds. The third-order valence-electron chi connectivity index (χ3n) is 10.9. The monoisotopic (exact) mass is 738 g/mol. The second-order valence-corrected chi connectivity index (χ2v) is 14.3. The number of imidazole rings is 1. The number of nitrogens with zero attached hydrogens (tertiary/aromatic N) is 8. The average molecular weight is 739 g/mol. The molecule has 0 unspecified atom stereocenters. The van der Waals surface area contributed by atoms with Crippen molar-refractivity contribution < 1.29 is 27.6 Å². The van der Waals surface area contributed by atoms with E-state index < -0.39 is 29.5 Å². The van der Waals surface area contributed by atoms with Gasteiger partial charge in [0.25, 0.3) is 5.91 Å². The normalized spacial score (nSPS) is 20.3. The lowest BCUT2D eigenvalue weighted by molar-refractivity contribution is -0.141. The predicted octanol–water partition coefficient (Wildman–Crippen LogP) is 6.28. The average Bonchev–Trinajstić information content (AvgIpc) is 3.78. The fraction of sp³-hybridized carbons (Fsp3) is 0.395. The lowest BCUT2D eigenvalue weighted by Crippen LogP contribution is -2.50. The van der Waals surface area contributed by atoms with Crippen LogP contribution in [-0.4, -0.2) is 73.1 Å². The summed E-state index contributed by atoms with van der Waals surface area (Å²) in [6.07, 6.45) is 7.29. The van der Waals surface area contributed by atoms with Crippen LogP contribution in [0.2, 0.25) is 0 Å². The molecule has 278 valence electrons. The lowest BCUT2D eigenvalue weighted by atomic mass is 9.84. The fourth-order valence-corrected chi connectivity index (χ4v) is 8.00. The van der Waals surface area contributed by atoms with Crippen molar-refractivity contribution in [3.63, 3.8) is 0 Å². The molecular weight excluding hydrogens is 701 g/mol. The number of imide groups is 1. The van der Waals surface area contributed by atoms with E-state index in [0.717, 1.165) is 75.9 Å². The van der Waals surface area contributed by atoms with Gasteiger partial charge in [-0.2, -0.15) is 23.5 Å². The van der Waals surface area contributed by atoms with E-state index in [4.69, 9.17) is 5.10 Å². The van der Waals surface area contributed by atoms with Crippen molar-refractivity contribution in [2.45, 2.75) is 63.1 Å². The van der Waals surface area contributed by atoms with Crippen molar-refractivity contribution >= 4 is 45.9 Å². The fourth-order valence-electron chi connectivity index (χ4n) is 8.00. The van der Waals surface area contributed by atoms with E-state index in [0.29, 0.717) is 35.1 Å². The molecule has 4 aromatic heterocycles. The number of halogens is 3. The first-order valence-corrected chi connectivity index (χ1v) is 18.1. The third-order valence-corrected chi connectivity index (χ3v) is 10.9. The topological polar surface area (TPSA) is 154 Å². The van der Waals surface area contributed by atoms with Crippen molar-refractivity contribution in [1.29, 1.82) is 5.26 Å². The number of likely N-dealkylation sites (tertiary alicyclic amines) is 1. The Labute approximate surface area is 307 Å². The Bertz CT molecular complexity index is 2300. The Morgan fingerprint density at radius 2 is 1.81 bits per heavy atom. The molecule has 3 fully saturated rings. The number of aromatic nitrogens is 5. The summed E-state index contributed by atoms with van der Waals surface area (Å²) in [5.74, 6) is 0.549. The van der Waals surface area contributed by atoms with Gasteiger partial charge in [0.2, 0.25) is 5.91 Å². The smallest absolute Gasteiger partial charge is 0.319 e. The van der Waals surface area contributed by atoms with Crippen molar-refractivity contribution in [3.8, 4) is 6.07 Å². The van der Waals surface area contributed by atoms with Crippen LogP contribution in [0.4, 0.5) is 29.5 Å². The summed E-state index contributed by atoms with van der Waals surface area (Å²) in [7, 11) is 0. The zero-order valence-corrected chi connectivity index (χ0v) is 29.2. The number of fused-ring (bicyclic) bond motifs is 2. The number of hydrogen-bond donors (Lipinski definition) is 2. The first kappa shape index (κ1) is 35.2. The van der Waals surface area contributed by atoms with Gasteiger partial charge in [-0.25, -0.2) is 14.8 Å². The number of benzene rings is 1. The van der Waals surface area contributed by atoms with E-state index in [2.05, 4.69) is 43.7 Å². The van der Waals surface area contributed by atoms with Crippen molar-refractivity contribution in [2.75, 3.05) is 36.4 Å². The van der Waals surface area contributed by atoms with E-state index in [1.807, 2.05) is 21.5 Å². The zero-order chi connectivity index (χ0) is 37.6. The second kappa shape index (κ2) is 14.2. The Hall–Kier alpha value is -5.82. The molecule has 1 aliphatic carbocycles. The number of nitriles is 1. The summed E-state index contributed by atoms with van der Waals surface area (Å²) in [6, 6.07) is 12.4. The van der Waals surface area contributed by atoms with Crippen molar-refractivity contribution in [1.82, 2.24) is 34.4 Å². The van der Waals surface area contributed by atoms with E-state index in [-0.39, 0.29) is 29.6 Å². The highest BCUT2D eigenvalue weighted by atomic mass is 19.4. The van der Waals surface area contributed by atoms with Crippen LogP contribution in [0.25, 0.3) is 16.6 Å². The number of alkyl halides is 3. The maximum atomic E-state index is 13.1. The minimum absolute atomic E-state index is 0.153.